The van der Waals surface area contributed by atoms with Gasteiger partial charge < -0.3 is 14.2 Å². The van der Waals surface area contributed by atoms with Crippen molar-refractivity contribution in [3.63, 3.8) is 0 Å². The van der Waals surface area contributed by atoms with Gasteiger partial charge >= 0.3 is 0 Å². The van der Waals surface area contributed by atoms with E-state index in [0.717, 1.165) is 23.7 Å². The molecule has 1 aromatic carbocycles. The third-order valence-corrected chi connectivity index (χ3v) is 6.17. The first-order valence-electron chi connectivity index (χ1n) is 9.16. The Hall–Kier alpha value is -1.73. The molecule has 0 saturated carbocycles. The molecule has 8 heteroatoms. The minimum absolute atomic E-state index is 0.168. The molecule has 0 radical (unpaired) electrons. The second-order valence-electron chi connectivity index (χ2n) is 6.92. The number of nitrogens with zero attached hydrogens (tertiary/aromatic N) is 4. The summed E-state index contributed by atoms with van der Waals surface area (Å²) in [5.74, 6) is 1.97. The van der Waals surface area contributed by atoms with Gasteiger partial charge in [0.15, 0.2) is 11.0 Å². The van der Waals surface area contributed by atoms with Crippen LogP contribution in [0.4, 0.5) is 0 Å². The zero-order valence-electron chi connectivity index (χ0n) is 15.9. The number of aromatic nitrogens is 3. The topological polar surface area (TPSA) is 60.3 Å². The van der Waals surface area contributed by atoms with Gasteiger partial charge in [-0.15, -0.1) is 10.2 Å². The molecule has 2 atom stereocenters. The number of thioether (sulfide) groups is 1. The summed E-state index contributed by atoms with van der Waals surface area (Å²) < 4.78 is 7.60. The highest BCUT2D eigenvalue weighted by Crippen LogP contribution is 2.25. The highest BCUT2D eigenvalue weighted by molar-refractivity contribution is 7.99. The van der Waals surface area contributed by atoms with Gasteiger partial charge in [-0.25, -0.2) is 0 Å². The standard InChI is InChI=1S/C19H25ClN4O2S/c1-13-5-4-6-14(2)24(13)18(25)12-27-19-22-21-17(23(19)3)11-26-16-9-7-15(20)8-10-16/h7-10,13-14H,4-6,11-12H2,1-3H3/t13-,14-/m1/s1. The van der Waals surface area contributed by atoms with E-state index in [-0.39, 0.29) is 5.91 Å². The Labute approximate surface area is 169 Å². The van der Waals surface area contributed by atoms with E-state index in [0.29, 0.717) is 35.3 Å². The maximum absolute atomic E-state index is 12.7. The lowest BCUT2D eigenvalue weighted by atomic mass is 9.98. The van der Waals surface area contributed by atoms with Crippen molar-refractivity contribution in [3.05, 3.63) is 35.1 Å². The summed E-state index contributed by atoms with van der Waals surface area (Å²) in [6.07, 6.45) is 3.35. The SMILES string of the molecule is C[C@@H]1CCC[C@@H](C)N1C(=O)CSc1nnc(COc2ccc(Cl)cc2)n1C. The normalized spacial score (nSPS) is 19.9. The van der Waals surface area contributed by atoms with E-state index in [1.807, 2.05) is 28.6 Å². The molecule has 0 aliphatic carbocycles. The van der Waals surface area contributed by atoms with E-state index in [1.54, 1.807) is 12.1 Å². The Kier molecular flexibility index (Phi) is 6.65. The second-order valence-corrected chi connectivity index (χ2v) is 8.30. The predicted octanol–water partition coefficient (Wildman–Crippen LogP) is 3.93. The Morgan fingerprint density at radius 1 is 1.22 bits per heavy atom. The number of likely N-dealkylation sites (tertiary alicyclic amines) is 1. The number of carbonyl (C=O) groups excluding carboxylic acids is 1. The number of ether oxygens (including phenoxy) is 1. The predicted molar refractivity (Wildman–Crippen MR) is 107 cm³/mol. The highest BCUT2D eigenvalue weighted by Gasteiger charge is 2.29. The van der Waals surface area contributed by atoms with Crippen LogP contribution in [-0.4, -0.2) is 43.4 Å². The molecule has 27 heavy (non-hydrogen) atoms. The van der Waals surface area contributed by atoms with Crippen LogP contribution in [0.15, 0.2) is 29.4 Å². The van der Waals surface area contributed by atoms with E-state index in [9.17, 15) is 4.79 Å². The van der Waals surface area contributed by atoms with Crippen molar-refractivity contribution >= 4 is 29.3 Å². The van der Waals surface area contributed by atoms with E-state index in [2.05, 4.69) is 24.0 Å². The van der Waals surface area contributed by atoms with Crippen LogP contribution in [0, 0.1) is 0 Å². The summed E-state index contributed by atoms with van der Waals surface area (Å²) in [6, 6.07) is 7.81. The summed E-state index contributed by atoms with van der Waals surface area (Å²) >= 11 is 7.30. The van der Waals surface area contributed by atoms with Crippen LogP contribution < -0.4 is 4.74 Å². The lowest BCUT2D eigenvalue weighted by Crippen LogP contribution is -2.48. The molecule has 1 saturated heterocycles. The summed E-state index contributed by atoms with van der Waals surface area (Å²) in [5.41, 5.74) is 0. The molecule has 2 heterocycles. The molecule has 0 bridgehead atoms. The van der Waals surface area contributed by atoms with Crippen molar-refractivity contribution < 1.29 is 9.53 Å². The molecule has 0 unspecified atom stereocenters. The van der Waals surface area contributed by atoms with Gasteiger partial charge in [-0.2, -0.15) is 0 Å². The number of rotatable bonds is 6. The zero-order chi connectivity index (χ0) is 19.4. The van der Waals surface area contributed by atoms with Crippen LogP contribution in [0.2, 0.25) is 5.02 Å². The van der Waals surface area contributed by atoms with Crippen LogP contribution in [0.25, 0.3) is 0 Å². The molecule has 1 aliphatic rings. The van der Waals surface area contributed by atoms with Gasteiger partial charge in [0.1, 0.15) is 12.4 Å². The highest BCUT2D eigenvalue weighted by atomic mass is 35.5. The van der Waals surface area contributed by atoms with Gasteiger partial charge in [0.05, 0.1) is 5.75 Å². The number of hydrogen-bond donors (Lipinski definition) is 0. The Morgan fingerprint density at radius 2 is 1.89 bits per heavy atom. The number of amides is 1. The van der Waals surface area contributed by atoms with E-state index in [4.69, 9.17) is 16.3 Å². The van der Waals surface area contributed by atoms with Crippen LogP contribution in [0.5, 0.6) is 5.75 Å². The fourth-order valence-corrected chi connectivity index (χ4v) is 4.31. The quantitative estimate of drug-likeness (QED) is 0.678. The molecule has 3 rings (SSSR count). The average molecular weight is 409 g/mol. The fourth-order valence-electron chi connectivity index (χ4n) is 3.39. The lowest BCUT2D eigenvalue weighted by Gasteiger charge is -2.39. The molecule has 2 aromatic rings. The first-order valence-corrected chi connectivity index (χ1v) is 10.5. The number of benzene rings is 1. The molecule has 6 nitrogen and oxygen atoms in total. The number of hydrogen-bond acceptors (Lipinski definition) is 5. The monoisotopic (exact) mass is 408 g/mol. The van der Waals surface area contributed by atoms with E-state index >= 15 is 0 Å². The Balaban J connectivity index is 1.55. The summed E-state index contributed by atoms with van der Waals surface area (Å²) in [7, 11) is 1.89. The van der Waals surface area contributed by atoms with Crippen molar-refractivity contribution in [1.82, 2.24) is 19.7 Å². The van der Waals surface area contributed by atoms with E-state index in [1.165, 1.54) is 18.2 Å². The van der Waals surface area contributed by atoms with Crippen molar-refractivity contribution in [3.8, 4) is 5.75 Å². The minimum atomic E-state index is 0.168. The molecule has 1 aliphatic heterocycles. The summed E-state index contributed by atoms with van der Waals surface area (Å²) in [6.45, 7) is 4.57. The first kappa shape index (κ1) is 20.0. The first-order chi connectivity index (χ1) is 13.0. The molecular formula is C19H25ClN4O2S. The molecule has 1 aromatic heterocycles. The number of halogens is 1. The average Bonchev–Trinajstić information content (AvgIpc) is 2.99. The molecule has 0 N–H and O–H groups in total. The van der Waals surface area contributed by atoms with Crippen molar-refractivity contribution in [2.75, 3.05) is 5.75 Å². The molecule has 146 valence electrons. The van der Waals surface area contributed by atoms with Crippen molar-refractivity contribution in [2.24, 2.45) is 7.05 Å². The minimum Gasteiger partial charge on any atom is -0.486 e. The Morgan fingerprint density at radius 3 is 2.56 bits per heavy atom. The number of carbonyl (C=O) groups is 1. The third-order valence-electron chi connectivity index (χ3n) is 4.91. The fraction of sp³-hybridized carbons (Fsp3) is 0.526. The molecule has 1 amide bonds. The Bertz CT molecular complexity index is 771. The van der Waals surface area contributed by atoms with Crippen LogP contribution in [0.3, 0.4) is 0 Å². The van der Waals surface area contributed by atoms with Crippen LogP contribution in [0.1, 0.15) is 38.9 Å². The van der Waals surface area contributed by atoms with Crippen molar-refractivity contribution in [1.29, 1.82) is 0 Å². The van der Waals surface area contributed by atoms with Crippen LogP contribution >= 0.6 is 23.4 Å². The van der Waals surface area contributed by atoms with Gasteiger partial charge in [-0.05, 0) is 57.4 Å². The van der Waals surface area contributed by atoms with Gasteiger partial charge in [0.25, 0.3) is 0 Å². The largest absolute Gasteiger partial charge is 0.486 e. The zero-order valence-corrected chi connectivity index (χ0v) is 17.5. The molecular weight excluding hydrogens is 384 g/mol. The smallest absolute Gasteiger partial charge is 0.233 e. The van der Waals surface area contributed by atoms with E-state index < -0.39 is 0 Å². The van der Waals surface area contributed by atoms with Crippen molar-refractivity contribution in [2.45, 2.75) is 57.0 Å². The van der Waals surface area contributed by atoms with Gasteiger partial charge in [-0.1, -0.05) is 23.4 Å². The maximum atomic E-state index is 12.7. The number of piperidine rings is 1. The lowest BCUT2D eigenvalue weighted by molar-refractivity contribution is -0.134. The van der Waals surface area contributed by atoms with Gasteiger partial charge in [0.2, 0.25) is 5.91 Å². The molecule has 1 fully saturated rings. The second kappa shape index (κ2) is 8.97. The third kappa shape index (κ3) is 4.96. The summed E-state index contributed by atoms with van der Waals surface area (Å²) in [5, 5.41) is 9.77. The van der Waals surface area contributed by atoms with Gasteiger partial charge in [0, 0.05) is 24.2 Å². The summed E-state index contributed by atoms with van der Waals surface area (Å²) in [4.78, 5) is 14.7. The molecule has 0 spiro atoms. The van der Waals surface area contributed by atoms with Gasteiger partial charge in [-0.3, -0.25) is 4.79 Å². The maximum Gasteiger partial charge on any atom is 0.233 e. The van der Waals surface area contributed by atoms with Crippen LogP contribution in [-0.2, 0) is 18.4 Å².